The first-order chi connectivity index (χ1) is 14.5. The highest BCUT2D eigenvalue weighted by atomic mass is 16.4. The van der Waals surface area contributed by atoms with Crippen LogP contribution in [-0.2, 0) is 11.2 Å². The predicted molar refractivity (Wildman–Crippen MR) is 111 cm³/mol. The Hall–Kier alpha value is -3.45. The molecule has 154 valence electrons. The largest absolute Gasteiger partial charge is 0.481 e. The van der Waals surface area contributed by atoms with E-state index in [1.165, 1.54) is 4.90 Å². The first-order valence-electron chi connectivity index (χ1n) is 9.85. The molecule has 1 amide bonds. The van der Waals surface area contributed by atoms with Gasteiger partial charge in [-0.3, -0.25) is 9.59 Å². The lowest BCUT2D eigenvalue weighted by Gasteiger charge is -2.43. The van der Waals surface area contributed by atoms with Gasteiger partial charge < -0.3 is 20.1 Å². The Labute approximate surface area is 174 Å². The second-order valence-corrected chi connectivity index (χ2v) is 7.62. The molecule has 4 rings (SSSR count). The number of likely N-dealkylation sites (tertiary alicyclic amines) is 1. The third-order valence-corrected chi connectivity index (χ3v) is 5.85. The number of carbonyl (C=O) groups excluding carboxylic acids is 1. The van der Waals surface area contributed by atoms with Crippen molar-refractivity contribution in [3.8, 4) is 11.4 Å². The van der Waals surface area contributed by atoms with E-state index < -0.39 is 17.5 Å². The topological polar surface area (TPSA) is 107 Å². The molecule has 7 heteroatoms. The number of aromatic nitrogens is 2. The van der Waals surface area contributed by atoms with E-state index in [9.17, 15) is 19.8 Å². The number of rotatable bonds is 5. The van der Waals surface area contributed by atoms with E-state index in [0.29, 0.717) is 17.0 Å². The van der Waals surface area contributed by atoms with E-state index >= 15 is 0 Å². The minimum absolute atomic E-state index is 0.0372. The Kier molecular flexibility index (Phi) is 5.37. The Morgan fingerprint density at radius 3 is 2.53 bits per heavy atom. The SMILES string of the molecule is O=C(c1ccccc1-c1ncc[nH]1)N1CC[C@](Cc2ccccc2)(C(=O)O)[C@H](O)C1. The minimum Gasteiger partial charge on any atom is -0.481 e. The molecule has 1 aliphatic rings. The number of carboxylic acids is 1. The highest BCUT2D eigenvalue weighted by molar-refractivity contribution is 6.00. The summed E-state index contributed by atoms with van der Waals surface area (Å²) in [6.07, 6.45) is 2.52. The third-order valence-electron chi connectivity index (χ3n) is 5.85. The van der Waals surface area contributed by atoms with Gasteiger partial charge in [-0.25, -0.2) is 4.98 Å². The maximum Gasteiger partial charge on any atom is 0.312 e. The first kappa shape index (κ1) is 19.8. The normalized spacial score (nSPS) is 21.4. The Balaban J connectivity index is 1.57. The van der Waals surface area contributed by atoms with Gasteiger partial charge in [-0.15, -0.1) is 0 Å². The molecule has 0 radical (unpaired) electrons. The fourth-order valence-corrected chi connectivity index (χ4v) is 4.11. The van der Waals surface area contributed by atoms with Crippen molar-refractivity contribution in [1.29, 1.82) is 0 Å². The van der Waals surface area contributed by atoms with Crippen molar-refractivity contribution in [2.75, 3.05) is 13.1 Å². The summed E-state index contributed by atoms with van der Waals surface area (Å²) in [6, 6.07) is 16.4. The molecule has 0 unspecified atom stereocenters. The highest BCUT2D eigenvalue weighted by Gasteiger charge is 2.49. The van der Waals surface area contributed by atoms with Crippen LogP contribution in [0, 0.1) is 5.41 Å². The highest BCUT2D eigenvalue weighted by Crippen LogP contribution is 2.37. The Bertz CT molecular complexity index is 1040. The fourth-order valence-electron chi connectivity index (χ4n) is 4.11. The maximum atomic E-state index is 13.2. The molecule has 0 bridgehead atoms. The van der Waals surface area contributed by atoms with Gasteiger partial charge in [-0.2, -0.15) is 0 Å². The lowest BCUT2D eigenvalue weighted by Crippen LogP contribution is -2.57. The second-order valence-electron chi connectivity index (χ2n) is 7.62. The number of imidazole rings is 1. The van der Waals surface area contributed by atoms with Gasteiger partial charge in [0.25, 0.3) is 5.91 Å². The molecule has 7 nitrogen and oxygen atoms in total. The standard InChI is InChI=1S/C23H23N3O4/c27-19-15-26(13-10-23(19,22(29)30)14-16-6-2-1-3-7-16)21(28)18-9-5-4-8-17(18)20-24-11-12-25-20/h1-9,11-12,19,27H,10,13-15H2,(H,24,25)(H,29,30)/t19-,23-/m1/s1. The van der Waals surface area contributed by atoms with Crippen molar-refractivity contribution >= 4 is 11.9 Å². The van der Waals surface area contributed by atoms with E-state index in [-0.39, 0.29) is 31.8 Å². The molecule has 2 atom stereocenters. The zero-order chi connectivity index (χ0) is 21.1. The molecule has 2 heterocycles. The van der Waals surface area contributed by atoms with Crippen LogP contribution in [0.3, 0.4) is 0 Å². The van der Waals surface area contributed by atoms with Crippen molar-refractivity contribution in [1.82, 2.24) is 14.9 Å². The smallest absolute Gasteiger partial charge is 0.312 e. The molecule has 2 aromatic carbocycles. The number of carboxylic acid groups (broad SMARTS) is 1. The van der Waals surface area contributed by atoms with Gasteiger partial charge >= 0.3 is 5.97 Å². The summed E-state index contributed by atoms with van der Waals surface area (Å²) in [5.41, 5.74) is 0.660. The maximum absolute atomic E-state index is 13.2. The van der Waals surface area contributed by atoms with Gasteiger partial charge in [0.2, 0.25) is 0 Å². The lowest BCUT2D eigenvalue weighted by atomic mass is 9.71. The number of nitrogens with zero attached hydrogens (tertiary/aromatic N) is 2. The number of aromatic amines is 1. The van der Waals surface area contributed by atoms with Gasteiger partial charge in [-0.1, -0.05) is 48.5 Å². The van der Waals surface area contributed by atoms with Gasteiger partial charge in [0.05, 0.1) is 11.7 Å². The van der Waals surface area contributed by atoms with Crippen LogP contribution in [0.1, 0.15) is 22.3 Å². The lowest BCUT2D eigenvalue weighted by molar-refractivity contribution is -0.161. The monoisotopic (exact) mass is 405 g/mol. The van der Waals surface area contributed by atoms with Crippen molar-refractivity contribution in [3.63, 3.8) is 0 Å². The van der Waals surface area contributed by atoms with Crippen LogP contribution in [0.5, 0.6) is 0 Å². The van der Waals surface area contributed by atoms with Crippen molar-refractivity contribution in [2.45, 2.75) is 18.9 Å². The zero-order valence-electron chi connectivity index (χ0n) is 16.4. The van der Waals surface area contributed by atoms with Crippen LogP contribution >= 0.6 is 0 Å². The zero-order valence-corrected chi connectivity index (χ0v) is 16.4. The van der Waals surface area contributed by atoms with Gasteiger partial charge in [-0.05, 0) is 24.5 Å². The molecule has 1 aliphatic heterocycles. The number of amides is 1. The molecule has 1 aromatic heterocycles. The third kappa shape index (κ3) is 3.59. The molecule has 1 saturated heterocycles. The van der Waals surface area contributed by atoms with Gasteiger partial charge in [0, 0.05) is 31.0 Å². The number of carbonyl (C=O) groups is 2. The van der Waals surface area contributed by atoms with E-state index in [0.717, 1.165) is 5.56 Å². The molecule has 0 spiro atoms. The summed E-state index contributed by atoms with van der Waals surface area (Å²) >= 11 is 0. The number of hydrogen-bond donors (Lipinski definition) is 3. The number of H-pyrrole nitrogens is 1. The molecule has 1 fully saturated rings. The fraction of sp³-hybridized carbons (Fsp3) is 0.261. The Morgan fingerprint density at radius 2 is 1.87 bits per heavy atom. The number of benzene rings is 2. The molecule has 3 aromatic rings. The average molecular weight is 405 g/mol. The van der Waals surface area contributed by atoms with E-state index in [2.05, 4.69) is 9.97 Å². The van der Waals surface area contributed by atoms with E-state index in [4.69, 9.17) is 0 Å². The molecular weight excluding hydrogens is 382 g/mol. The van der Waals surface area contributed by atoms with Crippen LogP contribution in [0.4, 0.5) is 0 Å². The van der Waals surface area contributed by atoms with Crippen molar-refractivity contribution in [2.24, 2.45) is 5.41 Å². The average Bonchev–Trinajstić information content (AvgIpc) is 3.30. The van der Waals surface area contributed by atoms with Crippen molar-refractivity contribution < 1.29 is 19.8 Å². The van der Waals surface area contributed by atoms with Crippen LogP contribution in [0.15, 0.2) is 67.0 Å². The summed E-state index contributed by atoms with van der Waals surface area (Å²) in [6.45, 7) is 0.214. The molecule has 0 aliphatic carbocycles. The Morgan fingerprint density at radius 1 is 1.13 bits per heavy atom. The number of aliphatic hydroxyl groups excluding tert-OH is 1. The second kappa shape index (κ2) is 8.12. The summed E-state index contributed by atoms with van der Waals surface area (Å²) in [7, 11) is 0. The number of aliphatic carboxylic acids is 1. The summed E-state index contributed by atoms with van der Waals surface area (Å²) in [5.74, 6) is -0.706. The molecule has 3 N–H and O–H groups in total. The summed E-state index contributed by atoms with van der Waals surface area (Å²) in [5, 5.41) is 20.8. The van der Waals surface area contributed by atoms with E-state index in [1.807, 2.05) is 42.5 Å². The molecular formula is C23H23N3O4. The number of aliphatic hydroxyl groups is 1. The van der Waals surface area contributed by atoms with Crippen LogP contribution in [0.2, 0.25) is 0 Å². The molecule has 30 heavy (non-hydrogen) atoms. The number of β-amino-alcohol motifs (C(OH)–C–C–N with tert-alkyl or cyclic N) is 1. The van der Waals surface area contributed by atoms with E-state index in [1.54, 1.807) is 24.5 Å². The van der Waals surface area contributed by atoms with Crippen molar-refractivity contribution in [3.05, 3.63) is 78.1 Å². The summed E-state index contributed by atoms with van der Waals surface area (Å²) < 4.78 is 0. The summed E-state index contributed by atoms with van der Waals surface area (Å²) in [4.78, 5) is 34.2. The predicted octanol–water partition coefficient (Wildman–Crippen LogP) is 2.60. The van der Waals surface area contributed by atoms with Gasteiger partial charge in [0.15, 0.2) is 0 Å². The molecule has 0 saturated carbocycles. The first-order valence-corrected chi connectivity index (χ1v) is 9.85. The number of piperidine rings is 1. The van der Waals surface area contributed by atoms with Gasteiger partial charge in [0.1, 0.15) is 11.2 Å². The number of hydrogen-bond acceptors (Lipinski definition) is 4. The quantitative estimate of drug-likeness (QED) is 0.605. The van der Waals surface area contributed by atoms with Crippen LogP contribution < -0.4 is 0 Å². The minimum atomic E-state index is -1.32. The van der Waals surface area contributed by atoms with Crippen LogP contribution in [-0.4, -0.2) is 56.2 Å². The number of nitrogens with one attached hydrogen (secondary N) is 1. The van der Waals surface area contributed by atoms with Crippen LogP contribution in [0.25, 0.3) is 11.4 Å².